The first-order chi connectivity index (χ1) is 14.1. The predicted octanol–water partition coefficient (Wildman–Crippen LogP) is 3.97. The highest BCUT2D eigenvalue weighted by Gasteiger charge is 2.16. The van der Waals surface area contributed by atoms with Gasteiger partial charge >= 0.3 is 0 Å². The van der Waals surface area contributed by atoms with Crippen molar-refractivity contribution in [2.75, 3.05) is 13.2 Å². The van der Waals surface area contributed by atoms with E-state index < -0.39 is 0 Å². The minimum absolute atomic E-state index is 0.149. The van der Waals surface area contributed by atoms with Crippen LogP contribution in [0.25, 0.3) is 11.0 Å². The molecule has 0 radical (unpaired) electrons. The summed E-state index contributed by atoms with van der Waals surface area (Å²) in [5.41, 5.74) is 3.27. The SMILES string of the molecule is Cc1ccc(OCCNC(=O)c2cc(C)nc3c2cnn3Cc2cccs2)cc1. The van der Waals surface area contributed by atoms with Crippen LogP contribution in [0.3, 0.4) is 0 Å². The summed E-state index contributed by atoms with van der Waals surface area (Å²) in [6.45, 7) is 5.38. The van der Waals surface area contributed by atoms with Gasteiger partial charge < -0.3 is 10.1 Å². The van der Waals surface area contributed by atoms with E-state index in [4.69, 9.17) is 4.74 Å². The van der Waals surface area contributed by atoms with Crippen LogP contribution in [0.2, 0.25) is 0 Å². The smallest absolute Gasteiger partial charge is 0.252 e. The molecule has 0 saturated carbocycles. The number of nitrogens with one attached hydrogen (secondary N) is 1. The van der Waals surface area contributed by atoms with Crippen molar-refractivity contribution < 1.29 is 9.53 Å². The largest absolute Gasteiger partial charge is 0.492 e. The summed E-state index contributed by atoms with van der Waals surface area (Å²) >= 11 is 1.68. The van der Waals surface area contributed by atoms with E-state index in [2.05, 4.69) is 21.5 Å². The second kappa shape index (κ2) is 8.45. The number of hydrogen-bond acceptors (Lipinski definition) is 5. The predicted molar refractivity (Wildman–Crippen MR) is 115 cm³/mol. The lowest BCUT2D eigenvalue weighted by Gasteiger charge is -2.09. The summed E-state index contributed by atoms with van der Waals surface area (Å²) in [5, 5.41) is 10.2. The van der Waals surface area contributed by atoms with E-state index in [0.717, 1.165) is 22.5 Å². The van der Waals surface area contributed by atoms with Crippen LogP contribution in [-0.4, -0.2) is 33.8 Å². The summed E-state index contributed by atoms with van der Waals surface area (Å²) in [5.74, 6) is 0.644. The van der Waals surface area contributed by atoms with Gasteiger partial charge in [-0.1, -0.05) is 23.8 Å². The number of nitrogens with zero attached hydrogens (tertiary/aromatic N) is 3. The zero-order chi connectivity index (χ0) is 20.2. The molecule has 4 rings (SSSR count). The van der Waals surface area contributed by atoms with Crippen molar-refractivity contribution in [1.29, 1.82) is 0 Å². The Kier molecular flexibility index (Phi) is 5.57. The molecule has 3 heterocycles. The van der Waals surface area contributed by atoms with Gasteiger partial charge in [0.1, 0.15) is 12.4 Å². The average molecular weight is 407 g/mol. The molecule has 148 valence electrons. The van der Waals surface area contributed by atoms with E-state index in [1.54, 1.807) is 23.6 Å². The molecule has 0 fully saturated rings. The molecule has 0 atom stereocenters. The third-order valence-electron chi connectivity index (χ3n) is 4.54. The van der Waals surface area contributed by atoms with Gasteiger partial charge in [0, 0.05) is 10.6 Å². The van der Waals surface area contributed by atoms with Crippen molar-refractivity contribution in [3.8, 4) is 5.75 Å². The Balaban J connectivity index is 1.44. The van der Waals surface area contributed by atoms with Gasteiger partial charge in [-0.05, 0) is 43.5 Å². The molecule has 6 nitrogen and oxygen atoms in total. The quantitative estimate of drug-likeness (QED) is 0.472. The number of rotatable bonds is 7. The van der Waals surface area contributed by atoms with E-state index in [1.807, 2.05) is 54.2 Å². The zero-order valence-electron chi connectivity index (χ0n) is 16.4. The normalized spacial score (nSPS) is 11.0. The Hall–Kier alpha value is -3.19. The number of carbonyl (C=O) groups excluding carboxylic acids is 1. The van der Waals surface area contributed by atoms with E-state index in [0.29, 0.717) is 25.3 Å². The topological polar surface area (TPSA) is 69.0 Å². The summed E-state index contributed by atoms with van der Waals surface area (Å²) < 4.78 is 7.52. The van der Waals surface area contributed by atoms with Crippen molar-refractivity contribution in [2.24, 2.45) is 0 Å². The summed E-state index contributed by atoms with van der Waals surface area (Å²) in [7, 11) is 0. The number of amides is 1. The maximum atomic E-state index is 12.8. The van der Waals surface area contributed by atoms with Crippen LogP contribution < -0.4 is 10.1 Å². The number of benzene rings is 1. The number of aryl methyl sites for hydroxylation is 2. The van der Waals surface area contributed by atoms with E-state index in [-0.39, 0.29) is 5.91 Å². The minimum atomic E-state index is -0.149. The van der Waals surface area contributed by atoms with Crippen LogP contribution >= 0.6 is 11.3 Å². The molecule has 3 aromatic heterocycles. The molecule has 29 heavy (non-hydrogen) atoms. The summed E-state index contributed by atoms with van der Waals surface area (Å²) in [6.07, 6.45) is 1.72. The van der Waals surface area contributed by atoms with Gasteiger partial charge in [0.25, 0.3) is 5.91 Å². The number of thiophene rings is 1. The molecule has 0 aliphatic heterocycles. The number of fused-ring (bicyclic) bond motifs is 1. The van der Waals surface area contributed by atoms with Gasteiger partial charge in [-0.15, -0.1) is 11.3 Å². The molecular weight excluding hydrogens is 384 g/mol. The van der Waals surface area contributed by atoms with Gasteiger partial charge in [-0.3, -0.25) is 4.79 Å². The molecule has 0 spiro atoms. The first-order valence-electron chi connectivity index (χ1n) is 9.43. The van der Waals surface area contributed by atoms with Crippen molar-refractivity contribution in [2.45, 2.75) is 20.4 Å². The van der Waals surface area contributed by atoms with Crippen LogP contribution in [0, 0.1) is 13.8 Å². The second-order valence-electron chi connectivity index (χ2n) is 6.85. The molecule has 0 unspecified atom stereocenters. The van der Waals surface area contributed by atoms with Crippen LogP contribution in [0.4, 0.5) is 0 Å². The number of ether oxygens (including phenoxy) is 1. The maximum Gasteiger partial charge on any atom is 0.252 e. The van der Waals surface area contributed by atoms with Crippen molar-refractivity contribution in [1.82, 2.24) is 20.1 Å². The zero-order valence-corrected chi connectivity index (χ0v) is 17.2. The molecular formula is C22H22N4O2S. The Labute approximate surface area is 173 Å². The Bertz CT molecular complexity index is 1120. The van der Waals surface area contributed by atoms with Crippen LogP contribution in [-0.2, 0) is 6.54 Å². The highest BCUT2D eigenvalue weighted by molar-refractivity contribution is 7.09. The molecule has 4 aromatic rings. The summed E-state index contributed by atoms with van der Waals surface area (Å²) in [4.78, 5) is 18.6. The number of carbonyl (C=O) groups is 1. The second-order valence-corrected chi connectivity index (χ2v) is 7.88. The van der Waals surface area contributed by atoms with Gasteiger partial charge in [0.2, 0.25) is 0 Å². The van der Waals surface area contributed by atoms with E-state index in [9.17, 15) is 4.79 Å². The fourth-order valence-corrected chi connectivity index (χ4v) is 3.78. The molecule has 0 aliphatic carbocycles. The third-order valence-corrected chi connectivity index (χ3v) is 5.41. The number of pyridine rings is 1. The first kappa shape index (κ1) is 19.1. The molecule has 0 aliphatic rings. The van der Waals surface area contributed by atoms with Crippen LogP contribution in [0.15, 0.2) is 54.0 Å². The van der Waals surface area contributed by atoms with Crippen molar-refractivity contribution >= 4 is 28.3 Å². The molecule has 1 amide bonds. The monoisotopic (exact) mass is 406 g/mol. The number of aromatic nitrogens is 3. The molecule has 0 bridgehead atoms. The fraction of sp³-hybridized carbons (Fsp3) is 0.227. The highest BCUT2D eigenvalue weighted by Crippen LogP contribution is 2.20. The lowest BCUT2D eigenvalue weighted by Crippen LogP contribution is -2.28. The fourth-order valence-electron chi connectivity index (χ4n) is 3.09. The van der Waals surface area contributed by atoms with Gasteiger partial charge in [0.05, 0.1) is 30.2 Å². The van der Waals surface area contributed by atoms with Gasteiger partial charge in [-0.25, -0.2) is 9.67 Å². The lowest BCUT2D eigenvalue weighted by molar-refractivity contribution is 0.0948. The Morgan fingerprint density at radius 3 is 2.79 bits per heavy atom. The standard InChI is InChI=1S/C22H22N4O2S/c1-15-5-7-17(8-6-15)28-10-9-23-22(27)19-12-16(2)25-21-20(19)13-24-26(21)14-18-4-3-11-29-18/h3-8,11-13H,9-10,14H2,1-2H3,(H,23,27). The highest BCUT2D eigenvalue weighted by atomic mass is 32.1. The molecule has 1 N–H and O–H groups in total. The molecule has 1 aromatic carbocycles. The Morgan fingerprint density at radius 1 is 1.21 bits per heavy atom. The Morgan fingerprint density at radius 2 is 2.03 bits per heavy atom. The van der Waals surface area contributed by atoms with Gasteiger partial charge in [-0.2, -0.15) is 5.10 Å². The van der Waals surface area contributed by atoms with Crippen molar-refractivity contribution in [3.05, 3.63) is 75.7 Å². The van der Waals surface area contributed by atoms with E-state index in [1.165, 1.54) is 10.4 Å². The van der Waals surface area contributed by atoms with Crippen molar-refractivity contribution in [3.63, 3.8) is 0 Å². The average Bonchev–Trinajstić information content (AvgIpc) is 3.36. The minimum Gasteiger partial charge on any atom is -0.492 e. The molecule has 7 heteroatoms. The third kappa shape index (κ3) is 4.46. The first-order valence-corrected chi connectivity index (χ1v) is 10.3. The lowest BCUT2D eigenvalue weighted by atomic mass is 10.1. The molecule has 0 saturated heterocycles. The van der Waals surface area contributed by atoms with Gasteiger partial charge in [0.15, 0.2) is 5.65 Å². The van der Waals surface area contributed by atoms with Crippen LogP contribution in [0.1, 0.15) is 26.5 Å². The maximum absolute atomic E-state index is 12.8. The van der Waals surface area contributed by atoms with E-state index >= 15 is 0 Å². The van der Waals surface area contributed by atoms with Crippen LogP contribution in [0.5, 0.6) is 5.75 Å². The number of hydrogen-bond donors (Lipinski definition) is 1. The summed E-state index contributed by atoms with van der Waals surface area (Å²) in [6, 6.07) is 13.7.